The van der Waals surface area contributed by atoms with Gasteiger partial charge in [0.15, 0.2) is 11.6 Å². The van der Waals surface area contributed by atoms with Crippen LogP contribution in [-0.2, 0) is 12.8 Å². The Morgan fingerprint density at radius 2 is 2.06 bits per heavy atom. The minimum absolute atomic E-state index is 0.540. The van der Waals surface area contributed by atoms with Crippen LogP contribution >= 0.6 is 0 Å². The summed E-state index contributed by atoms with van der Waals surface area (Å²) in [6.45, 7) is 2.16. The molecule has 16 heavy (non-hydrogen) atoms. The van der Waals surface area contributed by atoms with Crippen LogP contribution in [0.5, 0.6) is 0 Å². The summed E-state index contributed by atoms with van der Waals surface area (Å²) in [6.07, 6.45) is 6.80. The number of hydrogen-bond donors (Lipinski definition) is 0. The zero-order valence-electron chi connectivity index (χ0n) is 9.52. The lowest BCUT2D eigenvalue weighted by Crippen LogP contribution is -2.07. The van der Waals surface area contributed by atoms with Crippen molar-refractivity contribution in [2.75, 3.05) is 0 Å². The molecule has 0 spiro atoms. The largest absolute Gasteiger partial charge is 0.204 e. The van der Waals surface area contributed by atoms with Crippen LogP contribution in [0.15, 0.2) is 23.8 Å². The van der Waals surface area contributed by atoms with Gasteiger partial charge in [0.1, 0.15) is 0 Å². The second-order valence-corrected chi connectivity index (χ2v) is 4.35. The number of rotatable bonds is 3. The zero-order chi connectivity index (χ0) is 11.5. The molecule has 1 aliphatic carbocycles. The molecule has 0 atom stereocenters. The van der Waals surface area contributed by atoms with Gasteiger partial charge < -0.3 is 0 Å². The number of unbranched alkanes of at least 4 members (excludes halogenated alkanes) is 1. The third-order valence-corrected chi connectivity index (χ3v) is 3.16. The van der Waals surface area contributed by atoms with Crippen LogP contribution in [0.25, 0.3) is 0 Å². The Balaban J connectivity index is 2.18. The Hall–Kier alpha value is -1.18. The molecule has 0 amide bonds. The van der Waals surface area contributed by atoms with E-state index in [4.69, 9.17) is 0 Å². The second kappa shape index (κ2) is 4.77. The standard InChI is InChI=1S/C14H16F2/c1-2-3-4-10-5-7-12-11(9-10)6-8-13(15)14(12)16/h5-6,8H,2-4,7,9H2,1H3. The lowest BCUT2D eigenvalue weighted by atomic mass is 9.89. The Morgan fingerprint density at radius 1 is 1.25 bits per heavy atom. The van der Waals surface area contributed by atoms with Crippen molar-refractivity contribution in [3.63, 3.8) is 0 Å². The minimum Gasteiger partial charge on any atom is -0.204 e. The van der Waals surface area contributed by atoms with Gasteiger partial charge in [-0.1, -0.05) is 31.1 Å². The highest BCUT2D eigenvalue weighted by Crippen LogP contribution is 2.27. The molecule has 0 saturated carbocycles. The highest BCUT2D eigenvalue weighted by molar-refractivity contribution is 5.38. The van der Waals surface area contributed by atoms with Crippen molar-refractivity contribution in [3.8, 4) is 0 Å². The summed E-state index contributed by atoms with van der Waals surface area (Å²) < 4.78 is 26.5. The Bertz CT molecular complexity index is 419. The Kier molecular flexibility index (Phi) is 3.37. The van der Waals surface area contributed by atoms with E-state index in [-0.39, 0.29) is 0 Å². The number of hydrogen-bond acceptors (Lipinski definition) is 0. The third-order valence-electron chi connectivity index (χ3n) is 3.16. The molecule has 2 rings (SSSR count). The Morgan fingerprint density at radius 3 is 2.81 bits per heavy atom. The average Bonchev–Trinajstić information content (AvgIpc) is 2.31. The number of halogens is 2. The summed E-state index contributed by atoms with van der Waals surface area (Å²) in [5.74, 6) is -1.40. The fourth-order valence-electron chi connectivity index (χ4n) is 2.18. The van der Waals surface area contributed by atoms with E-state index in [0.29, 0.717) is 12.0 Å². The van der Waals surface area contributed by atoms with Crippen molar-refractivity contribution in [3.05, 3.63) is 46.5 Å². The topological polar surface area (TPSA) is 0 Å². The lowest BCUT2D eigenvalue weighted by Gasteiger charge is -2.17. The quantitative estimate of drug-likeness (QED) is 0.673. The van der Waals surface area contributed by atoms with Crippen LogP contribution in [0.2, 0.25) is 0 Å². The van der Waals surface area contributed by atoms with E-state index < -0.39 is 11.6 Å². The first-order valence-electron chi connectivity index (χ1n) is 5.86. The molecule has 0 unspecified atom stereocenters. The van der Waals surface area contributed by atoms with Gasteiger partial charge in [-0.3, -0.25) is 0 Å². The van der Waals surface area contributed by atoms with Gasteiger partial charge in [0.25, 0.3) is 0 Å². The van der Waals surface area contributed by atoms with E-state index in [2.05, 4.69) is 13.0 Å². The van der Waals surface area contributed by atoms with Crippen LogP contribution < -0.4 is 0 Å². The summed E-state index contributed by atoms with van der Waals surface area (Å²) in [4.78, 5) is 0. The van der Waals surface area contributed by atoms with E-state index in [1.807, 2.05) is 0 Å². The summed E-state index contributed by atoms with van der Waals surface area (Å²) in [5.41, 5.74) is 2.85. The van der Waals surface area contributed by atoms with Gasteiger partial charge in [-0.15, -0.1) is 0 Å². The van der Waals surface area contributed by atoms with E-state index in [0.717, 1.165) is 18.4 Å². The monoisotopic (exact) mass is 222 g/mol. The fraction of sp³-hybridized carbons (Fsp3) is 0.429. The molecule has 1 aromatic carbocycles. The summed E-state index contributed by atoms with van der Waals surface area (Å²) >= 11 is 0. The molecule has 0 aromatic heterocycles. The number of fused-ring (bicyclic) bond motifs is 1. The van der Waals surface area contributed by atoms with Gasteiger partial charge in [0.05, 0.1) is 0 Å². The van der Waals surface area contributed by atoms with Crippen molar-refractivity contribution < 1.29 is 8.78 Å². The molecule has 1 aromatic rings. The highest BCUT2D eigenvalue weighted by Gasteiger charge is 2.17. The van der Waals surface area contributed by atoms with Crippen molar-refractivity contribution in [1.29, 1.82) is 0 Å². The van der Waals surface area contributed by atoms with Crippen LogP contribution in [0.3, 0.4) is 0 Å². The molecule has 0 saturated heterocycles. The summed E-state index contributed by atoms with van der Waals surface area (Å²) in [5, 5.41) is 0. The summed E-state index contributed by atoms with van der Waals surface area (Å²) in [7, 11) is 0. The van der Waals surface area contributed by atoms with Crippen molar-refractivity contribution >= 4 is 0 Å². The van der Waals surface area contributed by atoms with Gasteiger partial charge >= 0.3 is 0 Å². The zero-order valence-corrected chi connectivity index (χ0v) is 9.52. The molecule has 1 aliphatic rings. The number of benzene rings is 1. The minimum atomic E-state index is -0.732. The maximum absolute atomic E-state index is 13.5. The SMILES string of the molecule is CCCCC1=CCc2c(ccc(F)c2F)C1. The van der Waals surface area contributed by atoms with Gasteiger partial charge in [0, 0.05) is 0 Å². The maximum Gasteiger partial charge on any atom is 0.162 e. The second-order valence-electron chi connectivity index (χ2n) is 4.35. The number of allylic oxidation sites excluding steroid dienone is 2. The molecule has 0 fully saturated rings. The highest BCUT2D eigenvalue weighted by atomic mass is 19.2. The maximum atomic E-state index is 13.5. The Labute approximate surface area is 95.0 Å². The van der Waals surface area contributed by atoms with Crippen molar-refractivity contribution in [1.82, 2.24) is 0 Å². The van der Waals surface area contributed by atoms with Crippen LogP contribution in [0, 0.1) is 11.6 Å². The van der Waals surface area contributed by atoms with Gasteiger partial charge in [-0.25, -0.2) is 8.78 Å². The predicted molar refractivity (Wildman–Crippen MR) is 61.4 cm³/mol. The van der Waals surface area contributed by atoms with Crippen LogP contribution in [0.4, 0.5) is 8.78 Å². The molecule has 0 radical (unpaired) electrons. The normalized spacial score (nSPS) is 14.6. The molecular formula is C14H16F2. The molecule has 0 N–H and O–H groups in total. The average molecular weight is 222 g/mol. The molecular weight excluding hydrogens is 206 g/mol. The summed E-state index contributed by atoms with van der Waals surface area (Å²) in [6, 6.07) is 2.95. The molecule has 0 aliphatic heterocycles. The van der Waals surface area contributed by atoms with Crippen LogP contribution in [-0.4, -0.2) is 0 Å². The first-order chi connectivity index (χ1) is 7.72. The van der Waals surface area contributed by atoms with Crippen molar-refractivity contribution in [2.24, 2.45) is 0 Å². The lowest BCUT2D eigenvalue weighted by molar-refractivity contribution is 0.498. The van der Waals surface area contributed by atoms with Gasteiger partial charge in [0.2, 0.25) is 0 Å². The van der Waals surface area contributed by atoms with E-state index in [9.17, 15) is 8.78 Å². The molecule has 0 nitrogen and oxygen atoms in total. The molecule has 2 heteroatoms. The van der Waals surface area contributed by atoms with E-state index in [1.54, 1.807) is 6.07 Å². The first kappa shape index (κ1) is 11.3. The fourth-order valence-corrected chi connectivity index (χ4v) is 2.18. The van der Waals surface area contributed by atoms with Gasteiger partial charge in [-0.05, 0) is 42.9 Å². The third kappa shape index (κ3) is 2.16. The van der Waals surface area contributed by atoms with Crippen LogP contribution in [0.1, 0.15) is 37.3 Å². The van der Waals surface area contributed by atoms with E-state index >= 15 is 0 Å². The molecule has 0 bridgehead atoms. The molecule has 0 heterocycles. The van der Waals surface area contributed by atoms with E-state index in [1.165, 1.54) is 24.5 Å². The molecule has 86 valence electrons. The predicted octanol–water partition coefficient (Wildman–Crippen LogP) is 4.18. The smallest absolute Gasteiger partial charge is 0.162 e. The van der Waals surface area contributed by atoms with Crippen molar-refractivity contribution in [2.45, 2.75) is 39.0 Å². The first-order valence-corrected chi connectivity index (χ1v) is 5.86. The van der Waals surface area contributed by atoms with Gasteiger partial charge in [-0.2, -0.15) is 0 Å².